The van der Waals surface area contributed by atoms with Crippen LogP contribution in [0, 0.1) is 18.3 Å². The van der Waals surface area contributed by atoms with Crippen molar-refractivity contribution in [1.82, 2.24) is 4.98 Å². The molecule has 0 atom stereocenters. The number of aromatic nitrogens is 1. The predicted octanol–water partition coefficient (Wildman–Crippen LogP) is 5.07. The number of rotatable bonds is 2. The van der Waals surface area contributed by atoms with E-state index in [1.54, 1.807) is 24.4 Å². The molecule has 1 aromatic heterocycles. The normalized spacial score (nSPS) is 10.1. The summed E-state index contributed by atoms with van der Waals surface area (Å²) >= 11 is 15.5. The van der Waals surface area contributed by atoms with Gasteiger partial charge in [-0.25, -0.2) is 4.98 Å². The van der Waals surface area contributed by atoms with Crippen LogP contribution < -0.4 is 5.32 Å². The van der Waals surface area contributed by atoms with Crippen LogP contribution in [-0.4, -0.2) is 4.98 Å². The first-order valence-electron chi connectivity index (χ1n) is 5.31. The van der Waals surface area contributed by atoms with E-state index < -0.39 is 0 Å². The van der Waals surface area contributed by atoms with E-state index >= 15 is 0 Å². The molecule has 2 rings (SSSR count). The number of hydrogen-bond acceptors (Lipinski definition) is 3. The Morgan fingerprint density at radius 2 is 2.00 bits per heavy atom. The monoisotopic (exact) mass is 355 g/mol. The van der Waals surface area contributed by atoms with Crippen molar-refractivity contribution in [2.24, 2.45) is 0 Å². The van der Waals surface area contributed by atoms with Crippen LogP contribution in [0.5, 0.6) is 0 Å². The summed E-state index contributed by atoms with van der Waals surface area (Å²) in [7, 11) is 0. The minimum atomic E-state index is 0.378. The van der Waals surface area contributed by atoms with Gasteiger partial charge in [0, 0.05) is 10.7 Å². The number of nitrogens with zero attached hydrogens (tertiary/aromatic N) is 2. The Morgan fingerprint density at radius 1 is 1.26 bits per heavy atom. The molecule has 0 radical (unpaired) electrons. The van der Waals surface area contributed by atoms with Gasteiger partial charge >= 0.3 is 0 Å². The highest BCUT2D eigenvalue weighted by atomic mass is 79.9. The molecule has 0 bridgehead atoms. The summed E-state index contributed by atoms with van der Waals surface area (Å²) in [5, 5.41) is 13.0. The Morgan fingerprint density at radius 3 is 2.68 bits per heavy atom. The van der Waals surface area contributed by atoms with Crippen molar-refractivity contribution in [2.45, 2.75) is 6.92 Å². The largest absolute Gasteiger partial charge is 0.338 e. The van der Waals surface area contributed by atoms with E-state index in [0.717, 1.165) is 5.56 Å². The van der Waals surface area contributed by atoms with E-state index in [0.29, 0.717) is 31.6 Å². The van der Waals surface area contributed by atoms with Gasteiger partial charge in [0.2, 0.25) is 0 Å². The van der Waals surface area contributed by atoms with Crippen molar-refractivity contribution in [3.05, 3.63) is 50.0 Å². The van der Waals surface area contributed by atoms with Crippen LogP contribution in [0.1, 0.15) is 11.1 Å². The molecule has 0 aliphatic heterocycles. The van der Waals surface area contributed by atoms with Crippen molar-refractivity contribution in [3.63, 3.8) is 0 Å². The van der Waals surface area contributed by atoms with Gasteiger partial charge in [-0.3, -0.25) is 0 Å². The number of nitrogens with one attached hydrogen (secondary N) is 1. The highest BCUT2D eigenvalue weighted by Crippen LogP contribution is 2.37. The highest BCUT2D eigenvalue weighted by molar-refractivity contribution is 9.10. The average Bonchev–Trinajstić information content (AvgIpc) is 2.40. The lowest BCUT2D eigenvalue weighted by Crippen LogP contribution is -1.99. The van der Waals surface area contributed by atoms with E-state index in [-0.39, 0.29) is 0 Å². The van der Waals surface area contributed by atoms with Crippen molar-refractivity contribution < 1.29 is 0 Å². The molecule has 96 valence electrons. The van der Waals surface area contributed by atoms with E-state index in [1.807, 2.05) is 6.92 Å². The fourth-order valence-electron chi connectivity index (χ4n) is 1.54. The van der Waals surface area contributed by atoms with Gasteiger partial charge in [0.15, 0.2) is 0 Å². The number of anilines is 2. The zero-order valence-corrected chi connectivity index (χ0v) is 12.9. The van der Waals surface area contributed by atoms with Crippen molar-refractivity contribution in [2.75, 3.05) is 5.32 Å². The molecule has 0 aliphatic carbocycles. The Bertz CT molecular complexity index is 680. The number of benzene rings is 1. The molecule has 0 aliphatic rings. The number of aryl methyl sites for hydroxylation is 1. The molecule has 1 N–H and O–H groups in total. The summed E-state index contributed by atoms with van der Waals surface area (Å²) in [5.41, 5.74) is 1.93. The Labute approximate surface area is 129 Å². The lowest BCUT2D eigenvalue weighted by Gasteiger charge is -2.11. The molecule has 1 heterocycles. The zero-order valence-electron chi connectivity index (χ0n) is 9.84. The van der Waals surface area contributed by atoms with Crippen LogP contribution in [0.4, 0.5) is 11.5 Å². The Kier molecular flexibility index (Phi) is 4.31. The summed E-state index contributed by atoms with van der Waals surface area (Å²) in [4.78, 5) is 4.15. The maximum atomic E-state index is 9.15. The Balaban J connectivity index is 2.46. The van der Waals surface area contributed by atoms with E-state index in [1.165, 1.54) is 0 Å². The van der Waals surface area contributed by atoms with Crippen LogP contribution >= 0.6 is 39.1 Å². The second kappa shape index (κ2) is 5.79. The number of nitriles is 1. The first-order valence-corrected chi connectivity index (χ1v) is 6.85. The van der Waals surface area contributed by atoms with E-state index in [2.05, 4.69) is 32.3 Å². The molecule has 0 saturated heterocycles. The highest BCUT2D eigenvalue weighted by Gasteiger charge is 2.12. The van der Waals surface area contributed by atoms with Crippen molar-refractivity contribution in [3.8, 4) is 6.07 Å². The van der Waals surface area contributed by atoms with Crippen LogP contribution in [0.15, 0.2) is 28.9 Å². The molecule has 19 heavy (non-hydrogen) atoms. The van der Waals surface area contributed by atoms with Gasteiger partial charge in [0.1, 0.15) is 11.9 Å². The topological polar surface area (TPSA) is 48.7 Å². The van der Waals surface area contributed by atoms with Crippen molar-refractivity contribution >= 4 is 50.6 Å². The van der Waals surface area contributed by atoms with Crippen LogP contribution in [-0.2, 0) is 0 Å². The van der Waals surface area contributed by atoms with Gasteiger partial charge in [-0.1, -0.05) is 23.2 Å². The summed E-state index contributed by atoms with van der Waals surface area (Å²) in [6.45, 7) is 1.85. The second-order valence-corrected chi connectivity index (χ2v) is 5.42. The van der Waals surface area contributed by atoms with E-state index in [9.17, 15) is 0 Å². The maximum Gasteiger partial charge on any atom is 0.148 e. The van der Waals surface area contributed by atoms with Gasteiger partial charge < -0.3 is 5.32 Å². The third-order valence-electron chi connectivity index (χ3n) is 2.56. The molecule has 2 aromatic rings. The molecule has 3 nitrogen and oxygen atoms in total. The minimum absolute atomic E-state index is 0.378. The average molecular weight is 357 g/mol. The molecule has 0 saturated carbocycles. The zero-order chi connectivity index (χ0) is 14.0. The lowest BCUT2D eigenvalue weighted by atomic mass is 10.1. The fourth-order valence-corrected chi connectivity index (χ4v) is 2.37. The Hall–Kier alpha value is -1.28. The third kappa shape index (κ3) is 2.84. The standard InChI is InChI=1S/C13H8BrCl2N3/c1-7-4-5-18-13(8(7)6-17)19-10-3-2-9(14)11(15)12(10)16/h2-5H,1H3,(H,18,19). The first-order chi connectivity index (χ1) is 9.04. The third-order valence-corrected chi connectivity index (χ3v) is 4.33. The SMILES string of the molecule is Cc1ccnc(Nc2ccc(Br)c(Cl)c2Cl)c1C#N. The summed E-state index contributed by atoms with van der Waals surface area (Å²) in [6.07, 6.45) is 1.63. The van der Waals surface area contributed by atoms with Gasteiger partial charge in [0.25, 0.3) is 0 Å². The molecule has 6 heteroatoms. The molecule has 1 aromatic carbocycles. The molecular formula is C13H8BrCl2N3. The molecule has 0 unspecified atom stereocenters. The first kappa shape index (κ1) is 14.1. The number of pyridine rings is 1. The predicted molar refractivity (Wildman–Crippen MR) is 81.1 cm³/mol. The molecule has 0 amide bonds. The van der Waals surface area contributed by atoms with Crippen LogP contribution in [0.3, 0.4) is 0 Å². The molecule has 0 fully saturated rings. The van der Waals surface area contributed by atoms with Gasteiger partial charge in [-0.05, 0) is 46.6 Å². The maximum absolute atomic E-state index is 9.15. The number of hydrogen-bond donors (Lipinski definition) is 1. The smallest absolute Gasteiger partial charge is 0.148 e. The van der Waals surface area contributed by atoms with Gasteiger partial charge in [-0.15, -0.1) is 0 Å². The van der Waals surface area contributed by atoms with Gasteiger partial charge in [0.05, 0.1) is 21.3 Å². The number of halogens is 3. The molecular weight excluding hydrogens is 349 g/mol. The van der Waals surface area contributed by atoms with Gasteiger partial charge in [-0.2, -0.15) is 5.26 Å². The summed E-state index contributed by atoms with van der Waals surface area (Å²) < 4.78 is 0.711. The minimum Gasteiger partial charge on any atom is -0.338 e. The van der Waals surface area contributed by atoms with Crippen molar-refractivity contribution in [1.29, 1.82) is 5.26 Å². The van der Waals surface area contributed by atoms with Crippen LogP contribution in [0.2, 0.25) is 10.0 Å². The lowest BCUT2D eigenvalue weighted by molar-refractivity contribution is 1.24. The summed E-state index contributed by atoms with van der Waals surface area (Å²) in [5.74, 6) is 0.461. The summed E-state index contributed by atoms with van der Waals surface area (Å²) in [6, 6.07) is 7.44. The second-order valence-electron chi connectivity index (χ2n) is 3.81. The fraction of sp³-hybridized carbons (Fsp3) is 0.0769. The quantitative estimate of drug-likeness (QED) is 0.763. The molecule has 0 spiro atoms. The van der Waals surface area contributed by atoms with E-state index in [4.69, 9.17) is 28.5 Å². The van der Waals surface area contributed by atoms with Crippen LogP contribution in [0.25, 0.3) is 0 Å².